The van der Waals surface area contributed by atoms with E-state index in [0.29, 0.717) is 5.92 Å². The van der Waals surface area contributed by atoms with E-state index in [4.69, 9.17) is 0 Å². The van der Waals surface area contributed by atoms with Gasteiger partial charge >= 0.3 is 0 Å². The standard InChI is InChI=1S/C26H27NO/c1-19(2)24-16-10-9-13-21(24)17-22-18-27(23-14-7-4-8-15-23)26(28)25(22)20-11-5-3-6-12-20/h3-16,19,22,25H,17-18H2,1-2H3/t22-,25+/m1/s1. The Morgan fingerprint density at radius 3 is 2.14 bits per heavy atom. The first-order chi connectivity index (χ1) is 13.6. The van der Waals surface area contributed by atoms with Crippen LogP contribution >= 0.6 is 0 Å². The average Bonchev–Trinajstić information content (AvgIpc) is 3.05. The number of benzene rings is 3. The zero-order valence-corrected chi connectivity index (χ0v) is 16.6. The highest BCUT2D eigenvalue weighted by molar-refractivity contribution is 6.00. The summed E-state index contributed by atoms with van der Waals surface area (Å²) in [5, 5.41) is 0. The molecule has 1 amide bonds. The third-order valence-corrected chi connectivity index (χ3v) is 5.81. The highest BCUT2D eigenvalue weighted by Gasteiger charge is 2.41. The molecule has 0 aromatic heterocycles. The molecular formula is C26H27NO. The minimum absolute atomic E-state index is 0.0957. The summed E-state index contributed by atoms with van der Waals surface area (Å²) in [6, 6.07) is 29.0. The summed E-state index contributed by atoms with van der Waals surface area (Å²) >= 11 is 0. The Labute approximate surface area is 167 Å². The van der Waals surface area contributed by atoms with Crippen LogP contribution in [0, 0.1) is 5.92 Å². The van der Waals surface area contributed by atoms with Gasteiger partial charge in [0.05, 0.1) is 5.92 Å². The smallest absolute Gasteiger partial charge is 0.234 e. The van der Waals surface area contributed by atoms with Crippen molar-refractivity contribution in [1.82, 2.24) is 0 Å². The molecule has 1 saturated heterocycles. The van der Waals surface area contributed by atoms with Crippen molar-refractivity contribution in [2.24, 2.45) is 5.92 Å². The number of hydrogen-bond acceptors (Lipinski definition) is 1. The Morgan fingerprint density at radius 1 is 0.857 bits per heavy atom. The van der Waals surface area contributed by atoms with Crippen LogP contribution < -0.4 is 4.90 Å². The molecule has 0 unspecified atom stereocenters. The third-order valence-electron chi connectivity index (χ3n) is 5.81. The largest absolute Gasteiger partial charge is 0.312 e. The fourth-order valence-electron chi connectivity index (χ4n) is 4.46. The molecule has 0 radical (unpaired) electrons. The van der Waals surface area contributed by atoms with E-state index < -0.39 is 0 Å². The zero-order valence-electron chi connectivity index (χ0n) is 16.6. The van der Waals surface area contributed by atoms with E-state index in [9.17, 15) is 4.79 Å². The summed E-state index contributed by atoms with van der Waals surface area (Å²) in [6.45, 7) is 5.24. The lowest BCUT2D eigenvalue weighted by molar-refractivity contribution is -0.118. The fraction of sp³-hybridized carbons (Fsp3) is 0.269. The van der Waals surface area contributed by atoms with Crippen LogP contribution in [0.2, 0.25) is 0 Å². The molecule has 4 rings (SSSR count). The number of rotatable bonds is 5. The van der Waals surface area contributed by atoms with Crippen LogP contribution in [0.4, 0.5) is 5.69 Å². The van der Waals surface area contributed by atoms with Crippen LogP contribution in [0.15, 0.2) is 84.9 Å². The van der Waals surface area contributed by atoms with Gasteiger partial charge in [-0.15, -0.1) is 0 Å². The molecule has 28 heavy (non-hydrogen) atoms. The Morgan fingerprint density at radius 2 is 1.46 bits per heavy atom. The molecule has 0 saturated carbocycles. The van der Waals surface area contributed by atoms with Crippen LogP contribution in [0.3, 0.4) is 0 Å². The van der Waals surface area contributed by atoms with Crippen molar-refractivity contribution in [2.45, 2.75) is 32.1 Å². The van der Waals surface area contributed by atoms with Gasteiger partial charge in [-0.3, -0.25) is 4.79 Å². The van der Waals surface area contributed by atoms with Gasteiger partial charge in [0.15, 0.2) is 0 Å². The van der Waals surface area contributed by atoms with E-state index in [0.717, 1.165) is 24.2 Å². The molecule has 1 aliphatic heterocycles. The second-order valence-corrected chi connectivity index (χ2v) is 7.99. The molecule has 0 aliphatic carbocycles. The Bertz CT molecular complexity index is 933. The molecule has 1 aliphatic rings. The first kappa shape index (κ1) is 18.5. The Kier molecular flexibility index (Phi) is 5.29. The second kappa shape index (κ2) is 8.02. The predicted octanol–water partition coefficient (Wildman–Crippen LogP) is 5.80. The van der Waals surface area contributed by atoms with Gasteiger partial charge in [0.1, 0.15) is 0 Å². The molecule has 1 heterocycles. The fourth-order valence-corrected chi connectivity index (χ4v) is 4.46. The van der Waals surface area contributed by atoms with E-state index in [-0.39, 0.29) is 17.7 Å². The van der Waals surface area contributed by atoms with Crippen molar-refractivity contribution in [2.75, 3.05) is 11.4 Å². The van der Waals surface area contributed by atoms with Crippen molar-refractivity contribution in [3.05, 3.63) is 102 Å². The highest BCUT2D eigenvalue weighted by Crippen LogP contribution is 2.39. The molecule has 0 spiro atoms. The lowest BCUT2D eigenvalue weighted by Crippen LogP contribution is -2.26. The van der Waals surface area contributed by atoms with E-state index in [1.54, 1.807) is 0 Å². The molecule has 1 fully saturated rings. The van der Waals surface area contributed by atoms with Gasteiger partial charge in [0, 0.05) is 12.2 Å². The number of carbonyl (C=O) groups excluding carboxylic acids is 1. The van der Waals surface area contributed by atoms with Gasteiger partial charge in [-0.05, 0) is 47.1 Å². The van der Waals surface area contributed by atoms with Crippen molar-refractivity contribution in [1.29, 1.82) is 0 Å². The topological polar surface area (TPSA) is 20.3 Å². The number of hydrogen-bond donors (Lipinski definition) is 0. The lowest BCUT2D eigenvalue weighted by atomic mass is 9.82. The summed E-state index contributed by atoms with van der Waals surface area (Å²) in [5.74, 6) is 0.856. The van der Waals surface area contributed by atoms with Crippen LogP contribution in [0.1, 0.15) is 42.4 Å². The minimum Gasteiger partial charge on any atom is -0.312 e. The summed E-state index contributed by atoms with van der Waals surface area (Å²) in [4.78, 5) is 15.4. The summed E-state index contributed by atoms with van der Waals surface area (Å²) in [5.41, 5.74) is 4.87. The van der Waals surface area contributed by atoms with E-state index in [2.05, 4.69) is 50.2 Å². The monoisotopic (exact) mass is 369 g/mol. The lowest BCUT2D eigenvalue weighted by Gasteiger charge is -2.20. The quantitative estimate of drug-likeness (QED) is 0.557. The van der Waals surface area contributed by atoms with Gasteiger partial charge < -0.3 is 4.90 Å². The summed E-state index contributed by atoms with van der Waals surface area (Å²) in [7, 11) is 0. The first-order valence-corrected chi connectivity index (χ1v) is 10.1. The summed E-state index contributed by atoms with van der Waals surface area (Å²) in [6.07, 6.45) is 0.920. The number of anilines is 1. The Balaban J connectivity index is 1.70. The van der Waals surface area contributed by atoms with E-state index in [1.807, 2.05) is 53.4 Å². The molecule has 2 nitrogen and oxygen atoms in total. The number of amides is 1. The molecule has 3 aromatic carbocycles. The van der Waals surface area contributed by atoms with Crippen LogP contribution in [-0.4, -0.2) is 12.5 Å². The highest BCUT2D eigenvalue weighted by atomic mass is 16.2. The first-order valence-electron chi connectivity index (χ1n) is 10.1. The molecule has 0 bridgehead atoms. The van der Waals surface area contributed by atoms with Crippen LogP contribution in [0.25, 0.3) is 0 Å². The number of nitrogens with zero attached hydrogens (tertiary/aromatic N) is 1. The average molecular weight is 370 g/mol. The van der Waals surface area contributed by atoms with E-state index in [1.165, 1.54) is 11.1 Å². The van der Waals surface area contributed by atoms with Gasteiger partial charge in [0.25, 0.3) is 0 Å². The summed E-state index contributed by atoms with van der Waals surface area (Å²) < 4.78 is 0. The normalized spacial score (nSPS) is 19.4. The molecule has 2 heteroatoms. The number of para-hydroxylation sites is 1. The SMILES string of the molecule is CC(C)c1ccccc1C[C@@H]1CN(c2ccccc2)C(=O)[C@H]1c1ccccc1. The number of carbonyl (C=O) groups is 1. The minimum atomic E-state index is -0.0957. The predicted molar refractivity (Wildman–Crippen MR) is 116 cm³/mol. The maximum Gasteiger partial charge on any atom is 0.234 e. The second-order valence-electron chi connectivity index (χ2n) is 7.99. The molecular weight excluding hydrogens is 342 g/mol. The molecule has 3 aromatic rings. The Hall–Kier alpha value is -2.87. The van der Waals surface area contributed by atoms with Crippen LogP contribution in [0.5, 0.6) is 0 Å². The third kappa shape index (κ3) is 3.60. The molecule has 2 atom stereocenters. The maximum absolute atomic E-state index is 13.5. The van der Waals surface area contributed by atoms with Crippen LogP contribution in [-0.2, 0) is 11.2 Å². The van der Waals surface area contributed by atoms with Gasteiger partial charge in [-0.2, -0.15) is 0 Å². The van der Waals surface area contributed by atoms with Gasteiger partial charge in [0.2, 0.25) is 5.91 Å². The van der Waals surface area contributed by atoms with Crippen molar-refractivity contribution < 1.29 is 4.79 Å². The van der Waals surface area contributed by atoms with Crippen molar-refractivity contribution in [3.63, 3.8) is 0 Å². The molecule has 142 valence electrons. The van der Waals surface area contributed by atoms with Crippen molar-refractivity contribution in [3.8, 4) is 0 Å². The van der Waals surface area contributed by atoms with Gasteiger partial charge in [-0.25, -0.2) is 0 Å². The van der Waals surface area contributed by atoms with Gasteiger partial charge in [-0.1, -0.05) is 86.6 Å². The van der Waals surface area contributed by atoms with Crippen molar-refractivity contribution >= 4 is 11.6 Å². The zero-order chi connectivity index (χ0) is 19.5. The maximum atomic E-state index is 13.5. The van der Waals surface area contributed by atoms with E-state index >= 15 is 0 Å². The molecule has 0 N–H and O–H groups in total.